The van der Waals surface area contributed by atoms with Crippen molar-refractivity contribution in [2.75, 3.05) is 13.1 Å². The number of aryl methyl sites for hydroxylation is 2. The molecule has 1 aliphatic rings. The van der Waals surface area contributed by atoms with Crippen molar-refractivity contribution in [3.63, 3.8) is 0 Å². The molecule has 1 aliphatic heterocycles. The SMILES string of the molecule is Cc1nnc(CNC(=NCc2ccccc2)N2CCC(c3cnn(C)c3)C2)n1C.I. The number of benzene rings is 1. The summed E-state index contributed by atoms with van der Waals surface area (Å²) in [5.74, 6) is 3.20. The Balaban J connectivity index is 0.00000256. The van der Waals surface area contributed by atoms with Gasteiger partial charge in [-0.2, -0.15) is 5.10 Å². The zero-order chi connectivity index (χ0) is 20.2. The Hall–Kier alpha value is -2.43. The molecule has 30 heavy (non-hydrogen) atoms. The molecule has 0 spiro atoms. The van der Waals surface area contributed by atoms with Gasteiger partial charge in [-0.05, 0) is 24.5 Å². The minimum atomic E-state index is 0. The normalized spacial score (nSPS) is 16.6. The first-order chi connectivity index (χ1) is 14.1. The van der Waals surface area contributed by atoms with Gasteiger partial charge in [0.05, 0.1) is 19.3 Å². The number of hydrogen-bond donors (Lipinski definition) is 1. The molecule has 1 fully saturated rings. The number of aromatic nitrogens is 5. The van der Waals surface area contributed by atoms with Gasteiger partial charge in [-0.25, -0.2) is 4.99 Å². The topological polar surface area (TPSA) is 76.2 Å². The third kappa shape index (κ3) is 5.18. The smallest absolute Gasteiger partial charge is 0.194 e. The lowest BCUT2D eigenvalue weighted by atomic mass is 10.0. The molecule has 3 aromatic rings. The van der Waals surface area contributed by atoms with E-state index < -0.39 is 0 Å². The van der Waals surface area contributed by atoms with Crippen LogP contribution in [-0.4, -0.2) is 48.5 Å². The summed E-state index contributed by atoms with van der Waals surface area (Å²) in [6, 6.07) is 10.3. The number of rotatable bonds is 5. The van der Waals surface area contributed by atoms with E-state index in [1.54, 1.807) is 0 Å². The molecule has 3 heterocycles. The van der Waals surface area contributed by atoms with Crippen molar-refractivity contribution in [1.82, 2.24) is 34.8 Å². The fourth-order valence-corrected chi connectivity index (χ4v) is 3.66. The molecular weight excluding hydrogens is 491 g/mol. The summed E-state index contributed by atoms with van der Waals surface area (Å²) < 4.78 is 3.88. The predicted molar refractivity (Wildman–Crippen MR) is 128 cm³/mol. The number of nitrogens with zero attached hydrogens (tertiary/aromatic N) is 7. The van der Waals surface area contributed by atoms with Gasteiger partial charge < -0.3 is 14.8 Å². The van der Waals surface area contributed by atoms with Gasteiger partial charge >= 0.3 is 0 Å². The van der Waals surface area contributed by atoms with Gasteiger partial charge in [0.2, 0.25) is 0 Å². The van der Waals surface area contributed by atoms with Crippen LogP contribution in [0, 0.1) is 6.92 Å². The van der Waals surface area contributed by atoms with Crippen molar-refractivity contribution >= 4 is 29.9 Å². The van der Waals surface area contributed by atoms with Gasteiger partial charge in [0.1, 0.15) is 5.82 Å². The van der Waals surface area contributed by atoms with E-state index in [9.17, 15) is 0 Å². The van der Waals surface area contributed by atoms with Crippen LogP contribution in [-0.2, 0) is 27.2 Å². The van der Waals surface area contributed by atoms with Gasteiger partial charge in [-0.15, -0.1) is 34.2 Å². The number of likely N-dealkylation sites (tertiary alicyclic amines) is 1. The van der Waals surface area contributed by atoms with Crippen LogP contribution in [0.2, 0.25) is 0 Å². The van der Waals surface area contributed by atoms with Gasteiger partial charge in [-0.3, -0.25) is 4.68 Å². The lowest BCUT2D eigenvalue weighted by Crippen LogP contribution is -2.40. The molecule has 0 saturated carbocycles. The zero-order valence-electron chi connectivity index (χ0n) is 17.7. The van der Waals surface area contributed by atoms with Crippen molar-refractivity contribution in [2.45, 2.75) is 32.4 Å². The molecule has 0 radical (unpaired) electrons. The minimum Gasteiger partial charge on any atom is -0.349 e. The molecule has 1 atom stereocenters. The fourth-order valence-electron chi connectivity index (χ4n) is 3.66. The third-order valence-corrected chi connectivity index (χ3v) is 5.53. The van der Waals surface area contributed by atoms with Crippen molar-refractivity contribution in [1.29, 1.82) is 0 Å². The van der Waals surface area contributed by atoms with Crippen LogP contribution < -0.4 is 5.32 Å². The van der Waals surface area contributed by atoms with Crippen LogP contribution in [0.4, 0.5) is 0 Å². The maximum absolute atomic E-state index is 4.91. The highest BCUT2D eigenvalue weighted by Gasteiger charge is 2.27. The Morgan fingerprint density at radius 3 is 2.67 bits per heavy atom. The number of halogens is 1. The van der Waals surface area contributed by atoms with E-state index >= 15 is 0 Å². The molecule has 0 bridgehead atoms. The van der Waals surface area contributed by atoms with E-state index in [0.29, 0.717) is 19.0 Å². The minimum absolute atomic E-state index is 0. The zero-order valence-corrected chi connectivity index (χ0v) is 20.0. The van der Waals surface area contributed by atoms with Crippen molar-refractivity contribution < 1.29 is 0 Å². The molecule has 1 saturated heterocycles. The maximum atomic E-state index is 4.91. The van der Waals surface area contributed by atoms with E-state index in [1.807, 2.05) is 42.5 Å². The Morgan fingerprint density at radius 1 is 1.20 bits per heavy atom. The van der Waals surface area contributed by atoms with Crippen LogP contribution in [0.1, 0.15) is 35.1 Å². The average molecular weight is 520 g/mol. The summed E-state index contributed by atoms with van der Waals surface area (Å²) >= 11 is 0. The van der Waals surface area contributed by atoms with Crippen LogP contribution in [0.15, 0.2) is 47.7 Å². The molecule has 2 aromatic heterocycles. The molecule has 0 aliphatic carbocycles. The third-order valence-electron chi connectivity index (χ3n) is 5.53. The summed E-state index contributed by atoms with van der Waals surface area (Å²) in [6.07, 6.45) is 5.19. The predicted octanol–water partition coefficient (Wildman–Crippen LogP) is 2.61. The Morgan fingerprint density at radius 2 is 2.00 bits per heavy atom. The molecule has 9 heteroatoms. The molecule has 160 valence electrons. The molecule has 1 N–H and O–H groups in total. The first-order valence-electron chi connectivity index (χ1n) is 10.0. The molecule has 8 nitrogen and oxygen atoms in total. The standard InChI is InChI=1S/C21H28N8.HI/c1-16-25-26-20(28(16)3)13-23-21(22-11-17-7-5-4-6-8-17)29-10-9-18(15-29)19-12-24-27(2)14-19;/h4-8,12,14,18H,9-11,13,15H2,1-3H3,(H,22,23);1H. The van der Waals surface area contributed by atoms with E-state index in [0.717, 1.165) is 37.1 Å². The van der Waals surface area contributed by atoms with Crippen molar-refractivity contribution in [2.24, 2.45) is 19.1 Å². The lowest BCUT2D eigenvalue weighted by Gasteiger charge is -2.22. The van der Waals surface area contributed by atoms with E-state index in [-0.39, 0.29) is 24.0 Å². The fraction of sp³-hybridized carbons (Fsp3) is 0.429. The average Bonchev–Trinajstić information content (AvgIpc) is 3.45. The molecule has 0 amide bonds. The maximum Gasteiger partial charge on any atom is 0.194 e. The second kappa shape index (κ2) is 10.1. The van der Waals surface area contributed by atoms with Gasteiger partial charge in [0, 0.05) is 39.3 Å². The highest BCUT2D eigenvalue weighted by molar-refractivity contribution is 14.0. The highest BCUT2D eigenvalue weighted by atomic mass is 127. The summed E-state index contributed by atoms with van der Waals surface area (Å²) in [7, 11) is 3.95. The largest absolute Gasteiger partial charge is 0.349 e. The summed E-state index contributed by atoms with van der Waals surface area (Å²) in [4.78, 5) is 7.25. The number of guanidine groups is 1. The van der Waals surface area contributed by atoms with Crippen LogP contribution in [0.25, 0.3) is 0 Å². The monoisotopic (exact) mass is 520 g/mol. The second-order valence-corrected chi connectivity index (χ2v) is 7.58. The molecule has 1 unspecified atom stereocenters. The quantitative estimate of drug-likeness (QED) is 0.318. The highest BCUT2D eigenvalue weighted by Crippen LogP contribution is 2.26. The van der Waals surface area contributed by atoms with Crippen molar-refractivity contribution in [3.8, 4) is 0 Å². The summed E-state index contributed by atoms with van der Waals surface area (Å²) in [5, 5.41) is 16.3. The Labute approximate surface area is 194 Å². The summed E-state index contributed by atoms with van der Waals surface area (Å²) in [5.41, 5.74) is 2.49. The Kier molecular flexibility index (Phi) is 7.46. The van der Waals surface area contributed by atoms with Gasteiger partial charge in [0.25, 0.3) is 0 Å². The van der Waals surface area contributed by atoms with Gasteiger partial charge in [0.15, 0.2) is 11.8 Å². The lowest BCUT2D eigenvalue weighted by molar-refractivity contribution is 0.481. The second-order valence-electron chi connectivity index (χ2n) is 7.58. The van der Waals surface area contributed by atoms with E-state index in [1.165, 1.54) is 11.1 Å². The molecular formula is C21H29IN8. The van der Waals surface area contributed by atoms with Crippen molar-refractivity contribution in [3.05, 3.63) is 65.5 Å². The molecule has 1 aromatic carbocycles. The van der Waals surface area contributed by atoms with Crippen LogP contribution in [0.3, 0.4) is 0 Å². The van der Waals surface area contributed by atoms with Crippen LogP contribution in [0.5, 0.6) is 0 Å². The first kappa shape index (κ1) is 22.3. The molecule has 4 rings (SSSR count). The number of hydrogen-bond acceptors (Lipinski definition) is 4. The van der Waals surface area contributed by atoms with E-state index in [2.05, 4.69) is 56.0 Å². The summed E-state index contributed by atoms with van der Waals surface area (Å²) in [6.45, 7) is 5.11. The van der Waals surface area contributed by atoms with Crippen LogP contribution >= 0.6 is 24.0 Å². The first-order valence-corrected chi connectivity index (χ1v) is 10.0. The number of nitrogens with one attached hydrogen (secondary N) is 1. The number of aliphatic imine (C=N–C) groups is 1. The van der Waals surface area contributed by atoms with Gasteiger partial charge in [-0.1, -0.05) is 30.3 Å². The van der Waals surface area contributed by atoms with E-state index in [4.69, 9.17) is 4.99 Å². The Bertz CT molecular complexity index is 978.